The van der Waals surface area contributed by atoms with Gasteiger partial charge in [-0.25, -0.2) is 9.97 Å². The maximum atomic E-state index is 13.3. The second-order valence-electron chi connectivity index (χ2n) is 9.17. The molecule has 0 spiro atoms. The van der Waals surface area contributed by atoms with E-state index in [1.165, 1.54) is 24.2 Å². The molecule has 1 saturated carbocycles. The number of ether oxygens (including phenoxy) is 1. The lowest BCUT2D eigenvalue weighted by atomic mass is 10.1. The molecule has 0 bridgehead atoms. The highest BCUT2D eigenvalue weighted by Gasteiger charge is 2.27. The fraction of sp³-hybridized carbons (Fsp3) is 0.440. The van der Waals surface area contributed by atoms with Crippen molar-refractivity contribution in [1.29, 1.82) is 0 Å². The Morgan fingerprint density at radius 2 is 2.13 bits per heavy atom. The number of nitrogens with zero attached hydrogens (tertiary/aromatic N) is 6. The molecule has 2 N–H and O–H groups in total. The fourth-order valence-corrected chi connectivity index (χ4v) is 5.45. The molecular weight excluding hydrogens is 524 g/mol. The number of thiazole rings is 1. The first-order valence-electron chi connectivity index (χ1n) is 12.5. The molecule has 3 aromatic rings. The normalized spacial score (nSPS) is 16.8. The topological polar surface area (TPSA) is 125 Å². The van der Waals surface area contributed by atoms with Crippen LogP contribution in [-0.2, 0) is 4.79 Å². The molecule has 11 nitrogen and oxygen atoms in total. The van der Waals surface area contributed by atoms with Crippen molar-refractivity contribution in [3.63, 3.8) is 0 Å². The number of anilines is 1. The maximum Gasteiger partial charge on any atom is 0.280 e. The van der Waals surface area contributed by atoms with Gasteiger partial charge in [0.2, 0.25) is 11.8 Å². The van der Waals surface area contributed by atoms with E-state index >= 15 is 0 Å². The molecule has 1 aliphatic heterocycles. The summed E-state index contributed by atoms with van der Waals surface area (Å²) in [6, 6.07) is 3.45. The van der Waals surface area contributed by atoms with Gasteiger partial charge in [-0.15, -0.1) is 11.3 Å². The zero-order valence-corrected chi connectivity index (χ0v) is 22.9. The lowest BCUT2D eigenvalue weighted by molar-refractivity contribution is -0.134. The molecule has 38 heavy (non-hydrogen) atoms. The number of likely N-dealkylation sites (N-methyl/N-ethyl adjacent to an activating group) is 1. The number of amides is 2. The maximum absolute atomic E-state index is 13.3. The number of hydrogen-bond donors (Lipinski definition) is 2. The van der Waals surface area contributed by atoms with Crippen LogP contribution in [0, 0.1) is 0 Å². The Morgan fingerprint density at radius 1 is 1.26 bits per heavy atom. The summed E-state index contributed by atoms with van der Waals surface area (Å²) in [6.45, 7) is 4.49. The number of nitrogens with one attached hydrogen (secondary N) is 2. The highest BCUT2D eigenvalue weighted by molar-refractivity contribution is 8.01. The summed E-state index contributed by atoms with van der Waals surface area (Å²) in [5, 5.41) is 4.07. The van der Waals surface area contributed by atoms with Crippen LogP contribution in [0.3, 0.4) is 0 Å². The Hall–Kier alpha value is -3.29. The molecule has 13 heteroatoms. The molecule has 1 aliphatic carbocycles. The Kier molecular flexibility index (Phi) is 8.35. The van der Waals surface area contributed by atoms with E-state index in [-0.39, 0.29) is 11.8 Å². The average molecular weight is 555 g/mol. The summed E-state index contributed by atoms with van der Waals surface area (Å²) in [5.74, 6) is 0.171. The Balaban J connectivity index is 1.33. The van der Waals surface area contributed by atoms with Crippen LogP contribution in [0.2, 0.25) is 0 Å². The minimum absolute atomic E-state index is 0.0606. The first kappa shape index (κ1) is 26.3. The van der Waals surface area contributed by atoms with E-state index in [1.807, 2.05) is 26.1 Å². The third kappa shape index (κ3) is 6.77. The van der Waals surface area contributed by atoms with Crippen LogP contribution in [-0.4, -0.2) is 86.6 Å². The largest absolute Gasteiger partial charge is 0.477 e. The van der Waals surface area contributed by atoms with Crippen molar-refractivity contribution in [1.82, 2.24) is 35.1 Å². The van der Waals surface area contributed by atoms with Gasteiger partial charge in [-0.05, 0) is 43.8 Å². The van der Waals surface area contributed by atoms with Gasteiger partial charge in [0.25, 0.3) is 5.91 Å². The van der Waals surface area contributed by atoms with Crippen molar-refractivity contribution >= 4 is 40.8 Å². The first-order valence-corrected chi connectivity index (χ1v) is 14.2. The number of pyridine rings is 1. The third-order valence-electron chi connectivity index (χ3n) is 6.15. The molecule has 1 saturated heterocycles. The van der Waals surface area contributed by atoms with Gasteiger partial charge < -0.3 is 19.7 Å². The van der Waals surface area contributed by atoms with Crippen LogP contribution in [0.25, 0.3) is 10.6 Å². The predicted molar refractivity (Wildman–Crippen MR) is 147 cm³/mol. The summed E-state index contributed by atoms with van der Waals surface area (Å²) < 4.78 is 8.83. The van der Waals surface area contributed by atoms with Crippen LogP contribution in [0.15, 0.2) is 36.9 Å². The van der Waals surface area contributed by atoms with Gasteiger partial charge in [0.1, 0.15) is 5.69 Å². The predicted octanol–water partition coefficient (Wildman–Crippen LogP) is 2.86. The molecule has 0 radical (unpaired) electrons. The lowest BCUT2D eigenvalue weighted by Gasteiger charge is -2.34. The van der Waals surface area contributed by atoms with Crippen molar-refractivity contribution in [3.8, 4) is 16.5 Å². The van der Waals surface area contributed by atoms with Crippen LogP contribution in [0.1, 0.15) is 41.3 Å². The first-order chi connectivity index (χ1) is 18.5. The summed E-state index contributed by atoms with van der Waals surface area (Å²) in [5.41, 5.74) is 2.25. The minimum atomic E-state index is -0.431. The zero-order valence-electron chi connectivity index (χ0n) is 21.3. The number of carbonyl (C=O) groups is 2. The van der Waals surface area contributed by atoms with Crippen LogP contribution < -0.4 is 14.8 Å². The van der Waals surface area contributed by atoms with Crippen molar-refractivity contribution in [3.05, 3.63) is 47.6 Å². The molecule has 2 aliphatic rings. The van der Waals surface area contributed by atoms with Crippen molar-refractivity contribution in [2.75, 3.05) is 44.6 Å². The highest BCUT2D eigenvalue weighted by Crippen LogP contribution is 2.34. The SMILES string of the molecule is CCOc1cncc(-c2cnc(C(=O)NC(CN3CCN(C)C(=O)C3)c3cc(NSC4CC4)ccn3)s2)n1. The summed E-state index contributed by atoms with van der Waals surface area (Å²) >= 11 is 2.95. The molecule has 2 fully saturated rings. The van der Waals surface area contributed by atoms with Crippen molar-refractivity contribution in [2.24, 2.45) is 0 Å². The summed E-state index contributed by atoms with van der Waals surface area (Å²) in [7, 11) is 1.81. The van der Waals surface area contributed by atoms with E-state index in [9.17, 15) is 9.59 Å². The average Bonchev–Trinajstić information content (AvgIpc) is 3.62. The van der Waals surface area contributed by atoms with E-state index in [1.54, 1.807) is 41.6 Å². The molecule has 1 unspecified atom stereocenters. The standard InChI is InChI=1S/C25H30N8O3S2/c1-3-36-22-13-26-11-19(29-22)21-12-28-25(37-21)24(35)30-20(14-33-9-8-32(2)23(34)15-33)18-10-16(6-7-27-18)31-38-17-4-5-17/h6-7,10-13,17,20H,3-5,8-9,14-15H2,1-2H3,(H,27,31)(H,30,35). The zero-order chi connectivity index (χ0) is 26.5. The minimum Gasteiger partial charge on any atom is -0.477 e. The third-order valence-corrected chi connectivity index (χ3v) is 8.32. The molecule has 4 heterocycles. The number of aromatic nitrogens is 4. The smallest absolute Gasteiger partial charge is 0.280 e. The Labute approximate surface area is 229 Å². The van der Waals surface area contributed by atoms with Crippen molar-refractivity contribution in [2.45, 2.75) is 31.1 Å². The molecule has 0 aromatic carbocycles. The molecule has 1 atom stereocenters. The quantitative estimate of drug-likeness (QED) is 0.342. The van der Waals surface area contributed by atoms with Crippen molar-refractivity contribution < 1.29 is 14.3 Å². The highest BCUT2D eigenvalue weighted by atomic mass is 32.2. The number of hydrogen-bond acceptors (Lipinski definition) is 11. The van der Waals surface area contributed by atoms with Gasteiger partial charge >= 0.3 is 0 Å². The van der Waals surface area contributed by atoms with Gasteiger partial charge in [-0.3, -0.25) is 24.5 Å². The molecule has 200 valence electrons. The van der Waals surface area contributed by atoms with Gasteiger partial charge in [0.15, 0.2) is 5.01 Å². The second kappa shape index (κ2) is 12.0. The summed E-state index contributed by atoms with van der Waals surface area (Å²) in [6.07, 6.45) is 8.98. The van der Waals surface area contributed by atoms with Crippen LogP contribution in [0.4, 0.5) is 5.69 Å². The lowest BCUT2D eigenvalue weighted by Crippen LogP contribution is -2.51. The van der Waals surface area contributed by atoms with Crippen LogP contribution in [0.5, 0.6) is 5.88 Å². The second-order valence-corrected chi connectivity index (χ2v) is 11.3. The molecular formula is C25H30N8O3S2. The van der Waals surface area contributed by atoms with E-state index in [4.69, 9.17) is 4.74 Å². The van der Waals surface area contributed by atoms with Gasteiger partial charge in [0, 0.05) is 50.0 Å². The Bertz CT molecular complexity index is 1280. The van der Waals surface area contributed by atoms with Gasteiger partial charge in [0.05, 0.1) is 42.2 Å². The van der Waals surface area contributed by atoms with Crippen LogP contribution >= 0.6 is 23.3 Å². The summed E-state index contributed by atoms with van der Waals surface area (Å²) in [4.78, 5) is 47.7. The number of piperazine rings is 1. The molecule has 3 aromatic heterocycles. The Morgan fingerprint density at radius 3 is 2.92 bits per heavy atom. The van der Waals surface area contributed by atoms with E-state index in [2.05, 4.69) is 34.9 Å². The fourth-order valence-electron chi connectivity index (χ4n) is 3.88. The number of carbonyl (C=O) groups excluding carboxylic acids is 2. The number of rotatable bonds is 11. The van der Waals surface area contributed by atoms with Gasteiger partial charge in [-0.1, -0.05) is 0 Å². The van der Waals surface area contributed by atoms with E-state index in [0.29, 0.717) is 52.9 Å². The molecule has 5 rings (SSSR count). The molecule has 2 amide bonds. The van der Waals surface area contributed by atoms with E-state index in [0.717, 1.165) is 17.9 Å². The van der Waals surface area contributed by atoms with E-state index < -0.39 is 6.04 Å². The monoisotopic (exact) mass is 554 g/mol. The van der Waals surface area contributed by atoms with Gasteiger partial charge in [-0.2, -0.15) is 0 Å².